The van der Waals surface area contributed by atoms with E-state index in [0.717, 1.165) is 0 Å². The van der Waals surface area contributed by atoms with Gasteiger partial charge in [-0.25, -0.2) is 9.97 Å². The minimum atomic E-state index is -3.46. The van der Waals surface area contributed by atoms with E-state index in [1.807, 2.05) is 0 Å². The second kappa shape index (κ2) is 6.60. The number of nitrogens with two attached hydrogens (primary N) is 1. The Hall–Kier alpha value is -1.09. The molecule has 1 aromatic heterocycles. The molecule has 1 aromatic rings. The van der Waals surface area contributed by atoms with Gasteiger partial charge in [0.25, 0.3) is 10.2 Å². The molecule has 0 fully saturated rings. The van der Waals surface area contributed by atoms with E-state index in [-0.39, 0.29) is 6.54 Å². The van der Waals surface area contributed by atoms with Crippen LogP contribution in [-0.2, 0) is 16.8 Å². The Balaban J connectivity index is 2.50. The number of hydrogen-bond donors (Lipinski definition) is 2. The summed E-state index contributed by atoms with van der Waals surface area (Å²) in [6, 6.07) is 1.66. The molecule has 0 amide bonds. The maximum absolute atomic E-state index is 11.7. The minimum absolute atomic E-state index is 0.151. The van der Waals surface area contributed by atoms with Crippen molar-refractivity contribution in [2.24, 2.45) is 5.73 Å². The van der Waals surface area contributed by atoms with Gasteiger partial charge in [0.15, 0.2) is 0 Å². The van der Waals surface area contributed by atoms with Gasteiger partial charge < -0.3 is 5.73 Å². The Morgan fingerprint density at radius 2 is 2.29 bits per heavy atom. The van der Waals surface area contributed by atoms with Gasteiger partial charge in [0, 0.05) is 19.8 Å². The minimum Gasteiger partial charge on any atom is -0.330 e. The van der Waals surface area contributed by atoms with Crippen LogP contribution in [0.3, 0.4) is 0 Å². The second-order valence-corrected chi connectivity index (χ2v) is 5.35. The van der Waals surface area contributed by atoms with Crippen molar-refractivity contribution >= 4 is 10.2 Å². The van der Waals surface area contributed by atoms with E-state index in [2.05, 4.69) is 14.7 Å². The first kappa shape index (κ1) is 14.0. The molecule has 0 unspecified atom stereocenters. The Labute approximate surface area is 101 Å². The molecule has 8 heteroatoms. The maximum atomic E-state index is 11.7. The van der Waals surface area contributed by atoms with Gasteiger partial charge in [-0.15, -0.1) is 0 Å². The van der Waals surface area contributed by atoms with E-state index in [9.17, 15) is 8.42 Å². The molecule has 0 aliphatic heterocycles. The van der Waals surface area contributed by atoms with Gasteiger partial charge in [-0.2, -0.15) is 17.4 Å². The van der Waals surface area contributed by atoms with Crippen LogP contribution in [0.2, 0.25) is 0 Å². The van der Waals surface area contributed by atoms with Crippen LogP contribution in [0, 0.1) is 0 Å². The molecule has 0 saturated carbocycles. The second-order valence-electron chi connectivity index (χ2n) is 3.49. The lowest BCUT2D eigenvalue weighted by molar-refractivity contribution is 0.452. The molecule has 1 heterocycles. The monoisotopic (exact) mass is 259 g/mol. The predicted octanol–water partition coefficient (Wildman–Crippen LogP) is -0.908. The van der Waals surface area contributed by atoms with Gasteiger partial charge in [0.2, 0.25) is 0 Å². The van der Waals surface area contributed by atoms with Gasteiger partial charge in [-0.1, -0.05) is 0 Å². The van der Waals surface area contributed by atoms with Gasteiger partial charge in [0.05, 0.1) is 12.2 Å². The Bertz CT molecular complexity index is 422. The lowest BCUT2D eigenvalue weighted by Gasteiger charge is -2.16. The predicted molar refractivity (Wildman–Crippen MR) is 64.1 cm³/mol. The number of nitrogens with one attached hydrogen (secondary N) is 1. The summed E-state index contributed by atoms with van der Waals surface area (Å²) in [6.45, 7) is 1.01. The number of aromatic nitrogens is 2. The van der Waals surface area contributed by atoms with Crippen molar-refractivity contribution in [2.75, 3.05) is 20.1 Å². The zero-order chi connectivity index (χ0) is 12.7. The Morgan fingerprint density at radius 1 is 1.53 bits per heavy atom. The van der Waals surface area contributed by atoms with Gasteiger partial charge in [0.1, 0.15) is 6.33 Å². The largest absolute Gasteiger partial charge is 0.330 e. The average molecular weight is 259 g/mol. The van der Waals surface area contributed by atoms with E-state index in [0.29, 0.717) is 25.2 Å². The number of rotatable bonds is 7. The van der Waals surface area contributed by atoms with Crippen molar-refractivity contribution in [2.45, 2.75) is 13.0 Å². The van der Waals surface area contributed by atoms with Crippen LogP contribution in [0.4, 0.5) is 0 Å². The standard InChI is InChI=1S/C9H17N5O2S/c1-14(6-2-4-10)17(15,16)13-7-9-3-5-11-8-12-9/h3,5,8,13H,2,4,6-7,10H2,1H3. The number of nitrogens with zero attached hydrogens (tertiary/aromatic N) is 3. The zero-order valence-electron chi connectivity index (χ0n) is 9.70. The molecule has 7 nitrogen and oxygen atoms in total. The Kier molecular flexibility index (Phi) is 5.42. The lowest BCUT2D eigenvalue weighted by Crippen LogP contribution is -2.38. The molecule has 0 saturated heterocycles. The zero-order valence-corrected chi connectivity index (χ0v) is 10.5. The molecule has 3 N–H and O–H groups in total. The van der Waals surface area contributed by atoms with Crippen LogP contribution in [0.15, 0.2) is 18.6 Å². The summed E-state index contributed by atoms with van der Waals surface area (Å²) in [4.78, 5) is 7.68. The van der Waals surface area contributed by atoms with Crippen LogP contribution in [-0.4, -0.2) is 42.8 Å². The molecule has 0 radical (unpaired) electrons. The fourth-order valence-electron chi connectivity index (χ4n) is 1.13. The average Bonchev–Trinajstić information content (AvgIpc) is 2.35. The smallest absolute Gasteiger partial charge is 0.279 e. The normalized spacial score (nSPS) is 11.9. The van der Waals surface area contributed by atoms with Crippen LogP contribution in [0.1, 0.15) is 12.1 Å². The van der Waals surface area contributed by atoms with Crippen LogP contribution in [0.5, 0.6) is 0 Å². The molecule has 1 rings (SSSR count). The van der Waals surface area contributed by atoms with Crippen molar-refractivity contribution in [3.8, 4) is 0 Å². The maximum Gasteiger partial charge on any atom is 0.279 e. The molecule has 0 bridgehead atoms. The van der Waals surface area contributed by atoms with E-state index in [4.69, 9.17) is 5.73 Å². The molecular formula is C9H17N5O2S. The molecule has 0 spiro atoms. The molecule has 0 aromatic carbocycles. The highest BCUT2D eigenvalue weighted by Gasteiger charge is 2.16. The van der Waals surface area contributed by atoms with Crippen molar-refractivity contribution in [1.82, 2.24) is 19.0 Å². The van der Waals surface area contributed by atoms with Crippen molar-refractivity contribution < 1.29 is 8.42 Å². The molecule has 17 heavy (non-hydrogen) atoms. The van der Waals surface area contributed by atoms with E-state index in [1.54, 1.807) is 12.3 Å². The first-order valence-corrected chi connectivity index (χ1v) is 6.66. The summed E-state index contributed by atoms with van der Waals surface area (Å²) in [7, 11) is -1.95. The molecule has 96 valence electrons. The first-order chi connectivity index (χ1) is 8.06. The quantitative estimate of drug-likeness (QED) is 0.660. The summed E-state index contributed by atoms with van der Waals surface area (Å²) < 4.78 is 27.2. The van der Waals surface area contributed by atoms with Crippen molar-refractivity contribution in [1.29, 1.82) is 0 Å². The highest BCUT2D eigenvalue weighted by Crippen LogP contribution is 1.98. The van der Waals surface area contributed by atoms with E-state index >= 15 is 0 Å². The number of hydrogen-bond acceptors (Lipinski definition) is 5. The SMILES string of the molecule is CN(CCCN)S(=O)(=O)NCc1ccncn1. The van der Waals surface area contributed by atoms with Crippen LogP contribution >= 0.6 is 0 Å². The first-order valence-electron chi connectivity index (χ1n) is 5.22. The Morgan fingerprint density at radius 3 is 2.88 bits per heavy atom. The van der Waals surface area contributed by atoms with Crippen molar-refractivity contribution in [3.63, 3.8) is 0 Å². The molecular weight excluding hydrogens is 242 g/mol. The summed E-state index contributed by atoms with van der Waals surface area (Å²) in [5.41, 5.74) is 5.95. The topological polar surface area (TPSA) is 101 Å². The lowest BCUT2D eigenvalue weighted by atomic mass is 10.4. The molecule has 0 aliphatic carbocycles. The highest BCUT2D eigenvalue weighted by molar-refractivity contribution is 7.87. The van der Waals surface area contributed by atoms with E-state index < -0.39 is 10.2 Å². The fourth-order valence-corrected chi connectivity index (χ4v) is 2.05. The van der Waals surface area contributed by atoms with Crippen molar-refractivity contribution in [3.05, 3.63) is 24.3 Å². The summed E-state index contributed by atoms with van der Waals surface area (Å²) in [5, 5.41) is 0. The molecule has 0 aliphatic rings. The molecule has 0 atom stereocenters. The summed E-state index contributed by atoms with van der Waals surface area (Å²) in [5.74, 6) is 0. The van der Waals surface area contributed by atoms with E-state index in [1.165, 1.54) is 17.7 Å². The van der Waals surface area contributed by atoms with Gasteiger partial charge in [-0.05, 0) is 19.0 Å². The highest BCUT2D eigenvalue weighted by atomic mass is 32.2. The van der Waals surface area contributed by atoms with Gasteiger partial charge >= 0.3 is 0 Å². The van der Waals surface area contributed by atoms with Crippen LogP contribution in [0.25, 0.3) is 0 Å². The third-order valence-corrected chi connectivity index (χ3v) is 3.68. The third-order valence-electron chi connectivity index (χ3n) is 2.17. The van der Waals surface area contributed by atoms with Crippen LogP contribution < -0.4 is 10.5 Å². The summed E-state index contributed by atoms with van der Waals surface area (Å²) >= 11 is 0. The third kappa shape index (κ3) is 4.73. The van der Waals surface area contributed by atoms with Gasteiger partial charge in [-0.3, -0.25) is 0 Å². The summed E-state index contributed by atoms with van der Waals surface area (Å²) in [6.07, 6.45) is 3.57. The fraction of sp³-hybridized carbons (Fsp3) is 0.556.